The van der Waals surface area contributed by atoms with Gasteiger partial charge in [0.05, 0.1) is 6.20 Å². The Morgan fingerprint density at radius 1 is 1.24 bits per heavy atom. The highest BCUT2D eigenvalue weighted by molar-refractivity contribution is 6.28. The predicted molar refractivity (Wildman–Crippen MR) is 77.6 cm³/mol. The Morgan fingerprint density at radius 3 is 2.76 bits per heavy atom. The van der Waals surface area contributed by atoms with Gasteiger partial charge in [0.15, 0.2) is 5.65 Å². The summed E-state index contributed by atoms with van der Waals surface area (Å²) in [6.07, 6.45) is 5.81. The van der Waals surface area contributed by atoms with Gasteiger partial charge in [-0.05, 0) is 31.4 Å². The zero-order valence-electron chi connectivity index (χ0n) is 11.5. The van der Waals surface area contributed by atoms with Crippen LogP contribution in [0.15, 0.2) is 11.0 Å². The summed E-state index contributed by atoms with van der Waals surface area (Å²) in [6, 6.07) is 0.146. The van der Waals surface area contributed by atoms with Crippen LogP contribution in [-0.2, 0) is 0 Å². The molecule has 4 rings (SSSR count). The lowest BCUT2D eigenvalue weighted by Crippen LogP contribution is -2.27. The van der Waals surface area contributed by atoms with Crippen molar-refractivity contribution >= 4 is 28.4 Å². The van der Waals surface area contributed by atoms with Crippen molar-refractivity contribution in [1.29, 1.82) is 0 Å². The molecule has 0 amide bonds. The average Bonchev–Trinajstić information content (AvgIpc) is 3.09. The van der Waals surface area contributed by atoms with Crippen LogP contribution in [0.2, 0.25) is 5.28 Å². The number of hydrogen-bond acceptors (Lipinski definition) is 5. The van der Waals surface area contributed by atoms with Gasteiger partial charge < -0.3 is 0 Å². The van der Waals surface area contributed by atoms with Crippen molar-refractivity contribution in [3.05, 3.63) is 27.7 Å². The molecule has 1 aliphatic rings. The first-order valence-corrected chi connectivity index (χ1v) is 7.33. The third-order valence-corrected chi connectivity index (χ3v) is 4.30. The summed E-state index contributed by atoms with van der Waals surface area (Å²) >= 11 is 5.94. The highest BCUT2D eigenvalue weighted by Crippen LogP contribution is 2.30. The van der Waals surface area contributed by atoms with Gasteiger partial charge in [-0.25, -0.2) is 4.98 Å². The van der Waals surface area contributed by atoms with Crippen LogP contribution in [0.25, 0.3) is 16.8 Å². The number of fused-ring (bicyclic) bond motifs is 3. The first kappa shape index (κ1) is 12.7. The summed E-state index contributed by atoms with van der Waals surface area (Å²) in [4.78, 5) is 21.1. The van der Waals surface area contributed by atoms with Crippen LogP contribution in [0.3, 0.4) is 0 Å². The van der Waals surface area contributed by atoms with E-state index >= 15 is 0 Å². The van der Waals surface area contributed by atoms with Gasteiger partial charge in [0.2, 0.25) is 10.9 Å². The Hall–Kier alpha value is -2.02. The maximum Gasteiger partial charge on any atom is 0.298 e. The van der Waals surface area contributed by atoms with Gasteiger partial charge in [0.1, 0.15) is 11.3 Å². The van der Waals surface area contributed by atoms with E-state index in [-0.39, 0.29) is 16.9 Å². The molecule has 0 atom stereocenters. The molecule has 1 fully saturated rings. The Labute approximate surface area is 124 Å². The Morgan fingerprint density at radius 2 is 2.00 bits per heavy atom. The van der Waals surface area contributed by atoms with E-state index in [1.54, 1.807) is 22.1 Å². The van der Waals surface area contributed by atoms with Gasteiger partial charge in [-0.2, -0.15) is 4.98 Å². The van der Waals surface area contributed by atoms with Crippen LogP contribution >= 0.6 is 11.6 Å². The van der Waals surface area contributed by atoms with Crippen molar-refractivity contribution in [2.24, 2.45) is 0 Å². The zero-order valence-corrected chi connectivity index (χ0v) is 12.2. The topological polar surface area (TPSA) is 78.0 Å². The van der Waals surface area contributed by atoms with E-state index < -0.39 is 0 Å². The number of halogens is 1. The van der Waals surface area contributed by atoms with E-state index in [0.717, 1.165) is 25.7 Å². The maximum absolute atomic E-state index is 12.8. The van der Waals surface area contributed by atoms with Gasteiger partial charge in [0.25, 0.3) is 5.56 Å². The van der Waals surface area contributed by atoms with Gasteiger partial charge >= 0.3 is 0 Å². The normalized spacial score (nSPS) is 16.3. The number of nitrogens with zero attached hydrogens (tertiary/aromatic N) is 6. The smallest absolute Gasteiger partial charge is 0.285 e. The molecule has 21 heavy (non-hydrogen) atoms. The molecule has 0 saturated heterocycles. The minimum absolute atomic E-state index is 0.138. The molecule has 0 unspecified atom stereocenters. The quantitative estimate of drug-likeness (QED) is 0.642. The van der Waals surface area contributed by atoms with Crippen molar-refractivity contribution in [3.63, 3.8) is 0 Å². The van der Waals surface area contributed by atoms with Crippen LogP contribution in [-0.4, -0.2) is 29.1 Å². The van der Waals surface area contributed by atoms with Gasteiger partial charge in [-0.15, -0.1) is 10.2 Å². The molecule has 108 valence electrons. The standard InChI is InChI=1S/C13H13ClN6O/c1-7-17-18-11-12(21)20(8-4-2-3-5-8)10-9(19(7)11)6-15-13(14)16-10/h6,8H,2-5H2,1H3. The van der Waals surface area contributed by atoms with Gasteiger partial charge in [-0.1, -0.05) is 12.8 Å². The fourth-order valence-corrected chi connectivity index (χ4v) is 3.30. The highest BCUT2D eigenvalue weighted by Gasteiger charge is 2.24. The molecule has 8 heteroatoms. The largest absolute Gasteiger partial charge is 0.298 e. The summed E-state index contributed by atoms with van der Waals surface area (Å²) in [5.74, 6) is 0.636. The molecule has 0 N–H and O–H groups in total. The van der Waals surface area contributed by atoms with Crippen LogP contribution in [0.1, 0.15) is 37.5 Å². The molecule has 0 aromatic carbocycles. The fraction of sp³-hybridized carbons (Fsp3) is 0.462. The van der Waals surface area contributed by atoms with Crippen molar-refractivity contribution in [2.45, 2.75) is 38.6 Å². The van der Waals surface area contributed by atoms with E-state index in [1.165, 1.54) is 0 Å². The highest BCUT2D eigenvalue weighted by atomic mass is 35.5. The number of rotatable bonds is 1. The lowest BCUT2D eigenvalue weighted by molar-refractivity contribution is 0.515. The second kappa shape index (κ2) is 4.49. The molecule has 0 aliphatic heterocycles. The number of hydrogen-bond donors (Lipinski definition) is 0. The monoisotopic (exact) mass is 304 g/mol. The lowest BCUT2D eigenvalue weighted by Gasteiger charge is -2.16. The summed E-state index contributed by atoms with van der Waals surface area (Å²) in [5, 5.41) is 8.16. The Balaban J connectivity index is 2.21. The molecule has 1 saturated carbocycles. The van der Waals surface area contributed by atoms with Crippen molar-refractivity contribution in [2.75, 3.05) is 0 Å². The second-order valence-electron chi connectivity index (χ2n) is 5.37. The summed E-state index contributed by atoms with van der Waals surface area (Å²) in [7, 11) is 0. The van der Waals surface area contributed by atoms with E-state index in [4.69, 9.17) is 11.6 Å². The maximum atomic E-state index is 12.8. The summed E-state index contributed by atoms with van der Waals surface area (Å²) in [5.41, 5.74) is 1.42. The predicted octanol–water partition coefficient (Wildman–Crippen LogP) is 1.91. The summed E-state index contributed by atoms with van der Waals surface area (Å²) in [6.45, 7) is 1.80. The lowest BCUT2D eigenvalue weighted by atomic mass is 10.2. The van der Waals surface area contributed by atoms with Crippen molar-refractivity contribution in [1.82, 2.24) is 29.1 Å². The minimum Gasteiger partial charge on any atom is -0.285 e. The van der Waals surface area contributed by atoms with Gasteiger partial charge in [-0.3, -0.25) is 13.8 Å². The van der Waals surface area contributed by atoms with Crippen molar-refractivity contribution in [3.8, 4) is 0 Å². The molecule has 3 aromatic rings. The fourth-order valence-electron chi connectivity index (χ4n) is 3.18. The molecule has 0 radical (unpaired) electrons. The third-order valence-electron chi connectivity index (χ3n) is 4.11. The van der Waals surface area contributed by atoms with Gasteiger partial charge in [0, 0.05) is 6.04 Å². The molecule has 1 aliphatic carbocycles. The third kappa shape index (κ3) is 1.77. The molecule has 0 bridgehead atoms. The van der Waals surface area contributed by atoms with Crippen molar-refractivity contribution < 1.29 is 0 Å². The SMILES string of the molecule is Cc1nnc2c(=O)n(C3CCCC3)c3nc(Cl)ncc3n12. The molecular formula is C13H13ClN6O. The number of aromatic nitrogens is 6. The first-order chi connectivity index (χ1) is 10.2. The van der Waals surface area contributed by atoms with Crippen LogP contribution in [0.4, 0.5) is 0 Å². The van der Waals surface area contributed by atoms with Crippen LogP contribution in [0.5, 0.6) is 0 Å². The first-order valence-electron chi connectivity index (χ1n) is 6.95. The molecule has 3 heterocycles. The molecule has 7 nitrogen and oxygen atoms in total. The average molecular weight is 305 g/mol. The van der Waals surface area contributed by atoms with E-state index in [0.29, 0.717) is 22.6 Å². The van der Waals surface area contributed by atoms with E-state index in [1.807, 2.05) is 0 Å². The second-order valence-corrected chi connectivity index (χ2v) is 5.71. The molecular weight excluding hydrogens is 292 g/mol. The Bertz CT molecular complexity index is 908. The molecule has 0 spiro atoms. The Kier molecular flexibility index (Phi) is 2.72. The van der Waals surface area contributed by atoms with E-state index in [2.05, 4.69) is 20.2 Å². The zero-order chi connectivity index (χ0) is 14.6. The van der Waals surface area contributed by atoms with Crippen LogP contribution in [0, 0.1) is 6.92 Å². The number of aryl methyl sites for hydroxylation is 1. The molecule has 3 aromatic heterocycles. The van der Waals surface area contributed by atoms with E-state index in [9.17, 15) is 4.79 Å². The minimum atomic E-state index is -0.162. The summed E-state index contributed by atoms with van der Waals surface area (Å²) < 4.78 is 3.42. The van der Waals surface area contributed by atoms with Crippen LogP contribution < -0.4 is 5.56 Å².